The molecule has 3 rings (SSSR count). The van der Waals surface area contributed by atoms with Crippen LogP contribution in [0.2, 0.25) is 0 Å². The van der Waals surface area contributed by atoms with Crippen LogP contribution in [-0.2, 0) is 16.0 Å². The van der Waals surface area contributed by atoms with Gasteiger partial charge in [0.2, 0.25) is 16.9 Å². The first-order valence-corrected chi connectivity index (χ1v) is 11.6. The Hall–Kier alpha value is -2.25. The summed E-state index contributed by atoms with van der Waals surface area (Å²) in [7, 11) is 0. The molecule has 2 N–H and O–H groups in total. The summed E-state index contributed by atoms with van der Waals surface area (Å²) in [6.07, 6.45) is 0.0828. The van der Waals surface area contributed by atoms with E-state index in [0.717, 1.165) is 10.1 Å². The monoisotopic (exact) mass is 455 g/mol. The van der Waals surface area contributed by atoms with Gasteiger partial charge in [0.05, 0.1) is 12.1 Å². The highest BCUT2D eigenvalue weighted by Crippen LogP contribution is 2.25. The summed E-state index contributed by atoms with van der Waals surface area (Å²) >= 11 is 4.16. The first-order chi connectivity index (χ1) is 13.9. The number of nitrogens with zero attached hydrogens (tertiary/aromatic N) is 5. The predicted molar refractivity (Wildman–Crippen MR) is 114 cm³/mol. The second-order valence-corrected chi connectivity index (χ2v) is 9.45. The fourth-order valence-electron chi connectivity index (χ4n) is 2.61. The summed E-state index contributed by atoms with van der Waals surface area (Å²) in [5.74, 6) is 0.668. The van der Waals surface area contributed by atoms with Crippen molar-refractivity contribution in [3.8, 4) is 0 Å². The van der Waals surface area contributed by atoms with Gasteiger partial charge in [-0.25, -0.2) is 9.78 Å². The second kappa shape index (κ2) is 9.98. The van der Waals surface area contributed by atoms with Crippen molar-refractivity contribution in [1.82, 2.24) is 25.0 Å². The molecule has 3 heterocycles. The van der Waals surface area contributed by atoms with Gasteiger partial charge in [-0.2, -0.15) is 0 Å². The number of rotatable bonds is 6. The van der Waals surface area contributed by atoms with Crippen LogP contribution in [0.3, 0.4) is 0 Å². The molecule has 0 radical (unpaired) electrons. The Kier molecular flexibility index (Phi) is 7.39. The van der Waals surface area contributed by atoms with Crippen LogP contribution in [0.15, 0.2) is 9.72 Å². The Morgan fingerprint density at radius 1 is 1.10 bits per heavy atom. The van der Waals surface area contributed by atoms with E-state index in [-0.39, 0.29) is 24.3 Å². The van der Waals surface area contributed by atoms with E-state index in [1.807, 2.05) is 6.92 Å². The minimum Gasteiger partial charge on any atom is -0.339 e. The van der Waals surface area contributed by atoms with Gasteiger partial charge in [-0.05, 0) is 5.75 Å². The number of thiazole rings is 1. The van der Waals surface area contributed by atoms with Crippen molar-refractivity contribution in [2.45, 2.75) is 24.6 Å². The average Bonchev–Trinajstić information content (AvgIpc) is 3.31. The molecule has 0 aromatic carbocycles. The molecular weight excluding hydrogens is 434 g/mol. The van der Waals surface area contributed by atoms with Gasteiger partial charge >= 0.3 is 6.03 Å². The van der Waals surface area contributed by atoms with Gasteiger partial charge in [0.1, 0.15) is 0 Å². The zero-order chi connectivity index (χ0) is 20.8. The van der Waals surface area contributed by atoms with Crippen LogP contribution >= 0.6 is 34.4 Å². The number of carbonyl (C=O) groups is 3. The van der Waals surface area contributed by atoms with Crippen molar-refractivity contribution in [3.63, 3.8) is 0 Å². The number of nitrogens with one attached hydrogen (secondary N) is 2. The van der Waals surface area contributed by atoms with E-state index in [0.29, 0.717) is 42.1 Å². The highest BCUT2D eigenvalue weighted by Gasteiger charge is 2.23. The average molecular weight is 456 g/mol. The summed E-state index contributed by atoms with van der Waals surface area (Å²) in [5, 5.41) is 16.0. The fraction of sp³-hybridized carbons (Fsp3) is 0.500. The first-order valence-electron chi connectivity index (χ1n) is 8.96. The molecule has 1 aliphatic heterocycles. The molecular formula is C16H21N7O3S3. The van der Waals surface area contributed by atoms with E-state index in [1.54, 1.807) is 26.9 Å². The van der Waals surface area contributed by atoms with Gasteiger partial charge in [-0.15, -0.1) is 21.5 Å². The molecule has 29 heavy (non-hydrogen) atoms. The summed E-state index contributed by atoms with van der Waals surface area (Å²) in [6, 6.07) is -0.256. The normalized spacial score (nSPS) is 14.0. The highest BCUT2D eigenvalue weighted by molar-refractivity contribution is 8.01. The lowest BCUT2D eigenvalue weighted by molar-refractivity contribution is -0.130. The van der Waals surface area contributed by atoms with Crippen molar-refractivity contribution in [1.29, 1.82) is 0 Å². The largest absolute Gasteiger partial charge is 0.339 e. The van der Waals surface area contributed by atoms with Crippen molar-refractivity contribution >= 4 is 62.5 Å². The van der Waals surface area contributed by atoms with Crippen molar-refractivity contribution in [2.75, 3.05) is 42.6 Å². The Morgan fingerprint density at radius 2 is 1.83 bits per heavy atom. The van der Waals surface area contributed by atoms with E-state index in [1.165, 1.54) is 29.6 Å². The maximum atomic E-state index is 12.4. The summed E-state index contributed by atoms with van der Waals surface area (Å²) in [6.45, 7) is 5.55. The molecule has 0 aliphatic carbocycles. The SMILES string of the molecule is CCSc1nnc(NC(=O)Cc2csc(NC(=O)N3CCN(C(C)=O)CC3)n2)s1. The second-order valence-electron chi connectivity index (χ2n) is 6.10. The summed E-state index contributed by atoms with van der Waals surface area (Å²) < 4.78 is 0.811. The third kappa shape index (κ3) is 6.11. The lowest BCUT2D eigenvalue weighted by Crippen LogP contribution is -2.51. The standard InChI is InChI=1S/C16H21N7O3S3/c1-3-27-16-21-20-14(29-16)18-12(25)8-11-9-28-13(17-11)19-15(26)23-6-4-22(5-7-23)10(2)24/h9H,3-8H2,1-2H3,(H,17,19,26)(H,18,20,25). The van der Waals surface area contributed by atoms with Gasteiger partial charge in [-0.1, -0.05) is 30.0 Å². The summed E-state index contributed by atoms with van der Waals surface area (Å²) in [4.78, 5) is 43.6. The maximum Gasteiger partial charge on any atom is 0.323 e. The molecule has 0 saturated carbocycles. The quantitative estimate of drug-likeness (QED) is 0.505. The number of aromatic nitrogens is 3. The number of carbonyl (C=O) groups excluding carboxylic acids is 3. The number of hydrogen-bond acceptors (Lipinski definition) is 9. The third-order valence-corrected chi connectivity index (χ3v) is 6.70. The van der Waals surface area contributed by atoms with Crippen LogP contribution in [-0.4, -0.2) is 74.8 Å². The Labute approximate surface area is 180 Å². The lowest BCUT2D eigenvalue weighted by Gasteiger charge is -2.33. The van der Waals surface area contributed by atoms with Gasteiger partial charge in [0, 0.05) is 38.5 Å². The van der Waals surface area contributed by atoms with E-state index in [2.05, 4.69) is 25.8 Å². The predicted octanol–water partition coefficient (Wildman–Crippen LogP) is 1.98. The minimum atomic E-state index is -0.256. The molecule has 0 spiro atoms. The molecule has 0 atom stereocenters. The number of hydrogen-bond donors (Lipinski definition) is 2. The Bertz CT molecular complexity index is 877. The molecule has 2 aromatic rings. The van der Waals surface area contributed by atoms with E-state index >= 15 is 0 Å². The van der Waals surface area contributed by atoms with Gasteiger partial charge in [-0.3, -0.25) is 14.9 Å². The molecule has 1 fully saturated rings. The Morgan fingerprint density at radius 3 is 2.52 bits per heavy atom. The topological polar surface area (TPSA) is 120 Å². The van der Waals surface area contributed by atoms with Crippen molar-refractivity contribution < 1.29 is 14.4 Å². The molecule has 4 amide bonds. The number of thioether (sulfide) groups is 1. The molecule has 1 saturated heterocycles. The molecule has 1 aliphatic rings. The number of piperazine rings is 1. The summed E-state index contributed by atoms with van der Waals surface area (Å²) in [5.41, 5.74) is 0.567. The van der Waals surface area contributed by atoms with E-state index in [9.17, 15) is 14.4 Å². The molecule has 10 nitrogen and oxygen atoms in total. The number of urea groups is 1. The van der Waals surface area contributed by atoms with Crippen LogP contribution in [0.4, 0.5) is 15.1 Å². The van der Waals surface area contributed by atoms with Crippen LogP contribution < -0.4 is 10.6 Å². The molecule has 156 valence electrons. The van der Waals surface area contributed by atoms with Gasteiger partial charge in [0.15, 0.2) is 9.47 Å². The molecule has 0 unspecified atom stereocenters. The zero-order valence-corrected chi connectivity index (χ0v) is 18.5. The van der Waals surface area contributed by atoms with Crippen LogP contribution in [0, 0.1) is 0 Å². The molecule has 2 aromatic heterocycles. The minimum absolute atomic E-state index is 0.0155. The zero-order valence-electron chi connectivity index (χ0n) is 16.0. The maximum absolute atomic E-state index is 12.4. The van der Waals surface area contributed by atoms with E-state index < -0.39 is 0 Å². The molecule has 0 bridgehead atoms. The van der Waals surface area contributed by atoms with Crippen LogP contribution in [0.1, 0.15) is 19.5 Å². The van der Waals surface area contributed by atoms with E-state index in [4.69, 9.17) is 0 Å². The number of anilines is 2. The Balaban J connectivity index is 1.46. The molecule has 13 heteroatoms. The lowest BCUT2D eigenvalue weighted by atomic mass is 10.3. The van der Waals surface area contributed by atoms with Crippen molar-refractivity contribution in [3.05, 3.63) is 11.1 Å². The van der Waals surface area contributed by atoms with Crippen LogP contribution in [0.25, 0.3) is 0 Å². The fourth-order valence-corrected chi connectivity index (χ4v) is 4.98. The first kappa shape index (κ1) is 21.5. The number of amides is 4. The van der Waals surface area contributed by atoms with Crippen molar-refractivity contribution in [2.24, 2.45) is 0 Å². The van der Waals surface area contributed by atoms with Gasteiger partial charge < -0.3 is 15.1 Å². The van der Waals surface area contributed by atoms with Crippen LogP contribution in [0.5, 0.6) is 0 Å². The highest BCUT2D eigenvalue weighted by atomic mass is 32.2. The third-order valence-electron chi connectivity index (χ3n) is 4.04. The smallest absolute Gasteiger partial charge is 0.323 e. The van der Waals surface area contributed by atoms with Gasteiger partial charge in [0.25, 0.3) is 0 Å².